The molecule has 1 amide bonds. The summed E-state index contributed by atoms with van der Waals surface area (Å²) < 4.78 is 18.9. The second-order valence-corrected chi connectivity index (χ2v) is 3.86. The number of nitrogens with two attached hydrogens (primary N) is 1. The molecule has 1 heterocycles. The van der Waals surface area contributed by atoms with Crippen LogP contribution in [0.5, 0.6) is 0 Å². The van der Waals surface area contributed by atoms with Crippen LogP contribution in [0.15, 0.2) is 12.3 Å². The number of rotatable bonds is 7. The van der Waals surface area contributed by atoms with Crippen LogP contribution in [0.1, 0.15) is 16.8 Å². The highest BCUT2D eigenvalue weighted by molar-refractivity contribution is 5.95. The molecule has 0 bridgehead atoms. The van der Waals surface area contributed by atoms with E-state index >= 15 is 0 Å². The number of nitrogens with one attached hydrogen (secondary N) is 1. The smallest absolute Gasteiger partial charge is 0.257 e. The van der Waals surface area contributed by atoms with Crippen molar-refractivity contribution in [3.63, 3.8) is 0 Å². The Morgan fingerprint density at radius 1 is 1.65 bits per heavy atom. The summed E-state index contributed by atoms with van der Waals surface area (Å²) in [5.74, 6) is 3.56. The molecular weight excluding hydrogens is 265 g/mol. The molecule has 0 aliphatic carbocycles. The zero-order valence-electron chi connectivity index (χ0n) is 11.1. The van der Waals surface area contributed by atoms with Crippen molar-refractivity contribution in [3.05, 3.63) is 23.6 Å². The quantitative estimate of drug-likeness (QED) is 0.557. The number of carbonyl (C=O) groups is 1. The first-order valence-electron chi connectivity index (χ1n) is 5.92. The van der Waals surface area contributed by atoms with Crippen LogP contribution in [-0.4, -0.2) is 42.6 Å². The first-order chi connectivity index (χ1) is 9.65. The first kappa shape index (κ1) is 15.8. The average Bonchev–Trinajstić information content (AvgIpc) is 2.47. The average molecular weight is 281 g/mol. The van der Waals surface area contributed by atoms with Crippen LogP contribution in [-0.2, 0) is 4.74 Å². The molecule has 3 N–H and O–H groups in total. The number of amides is 1. The van der Waals surface area contributed by atoms with Gasteiger partial charge in [-0.3, -0.25) is 4.79 Å². The van der Waals surface area contributed by atoms with E-state index in [1.165, 1.54) is 24.3 Å². The Hall–Kier alpha value is -2.24. The molecule has 20 heavy (non-hydrogen) atoms. The van der Waals surface area contributed by atoms with E-state index in [0.29, 0.717) is 6.61 Å². The minimum Gasteiger partial charge on any atom is -0.383 e. The Labute approximate surface area is 116 Å². The van der Waals surface area contributed by atoms with Crippen LogP contribution in [0.3, 0.4) is 0 Å². The van der Waals surface area contributed by atoms with Gasteiger partial charge in [-0.25, -0.2) is 15.2 Å². The summed E-state index contributed by atoms with van der Waals surface area (Å²) >= 11 is 0. The summed E-state index contributed by atoms with van der Waals surface area (Å²) in [4.78, 5) is 17.3. The minimum absolute atomic E-state index is 0.151. The predicted molar refractivity (Wildman–Crippen MR) is 70.0 cm³/mol. The third-order valence-corrected chi connectivity index (χ3v) is 2.60. The highest BCUT2D eigenvalue weighted by Crippen LogP contribution is 2.16. The number of aromatic nitrogens is 1. The molecule has 108 valence electrons. The largest absolute Gasteiger partial charge is 0.383 e. The standard InChI is InChI=1S/C12H16FN5O2/c1-20-8-7-18(6-2-4-14)12(19)9-3-5-16-11(17-15)10(9)13/h3,5H,2,6-8,15H2,1H3,(H,16,17). The summed E-state index contributed by atoms with van der Waals surface area (Å²) in [5.41, 5.74) is 1.93. The van der Waals surface area contributed by atoms with Crippen molar-refractivity contribution in [2.75, 3.05) is 32.2 Å². The molecule has 0 saturated heterocycles. The minimum atomic E-state index is -0.820. The van der Waals surface area contributed by atoms with E-state index in [1.54, 1.807) is 0 Å². The highest BCUT2D eigenvalue weighted by Gasteiger charge is 2.21. The molecule has 0 radical (unpaired) electrons. The normalized spacial score (nSPS) is 9.90. The molecule has 0 atom stereocenters. The van der Waals surface area contributed by atoms with Crippen molar-refractivity contribution in [3.8, 4) is 6.07 Å². The highest BCUT2D eigenvalue weighted by atomic mass is 19.1. The van der Waals surface area contributed by atoms with Gasteiger partial charge in [0.1, 0.15) is 0 Å². The van der Waals surface area contributed by atoms with Crippen molar-refractivity contribution >= 4 is 11.7 Å². The maximum Gasteiger partial charge on any atom is 0.257 e. The fourth-order valence-electron chi connectivity index (χ4n) is 1.58. The maximum atomic E-state index is 14.0. The number of pyridine rings is 1. The molecule has 0 saturated carbocycles. The summed E-state index contributed by atoms with van der Waals surface area (Å²) in [7, 11) is 1.50. The summed E-state index contributed by atoms with van der Waals surface area (Å²) in [5, 5.41) is 8.60. The van der Waals surface area contributed by atoms with Gasteiger partial charge in [0.2, 0.25) is 0 Å². The number of nitriles is 1. The molecule has 1 aromatic rings. The zero-order chi connectivity index (χ0) is 15.0. The van der Waals surface area contributed by atoms with Crippen LogP contribution in [0.2, 0.25) is 0 Å². The van der Waals surface area contributed by atoms with E-state index in [0.717, 1.165) is 0 Å². The molecule has 1 aromatic heterocycles. The number of hydrogen-bond acceptors (Lipinski definition) is 6. The van der Waals surface area contributed by atoms with E-state index in [9.17, 15) is 9.18 Å². The van der Waals surface area contributed by atoms with Crippen LogP contribution < -0.4 is 11.3 Å². The molecule has 0 aliphatic heterocycles. The topological polar surface area (TPSA) is 104 Å². The lowest BCUT2D eigenvalue weighted by Crippen LogP contribution is -2.35. The van der Waals surface area contributed by atoms with Crippen LogP contribution in [0.25, 0.3) is 0 Å². The molecule has 0 aliphatic rings. The van der Waals surface area contributed by atoms with Gasteiger partial charge in [-0.15, -0.1) is 0 Å². The molecular formula is C12H16FN5O2. The van der Waals surface area contributed by atoms with E-state index in [2.05, 4.69) is 10.4 Å². The van der Waals surface area contributed by atoms with Gasteiger partial charge in [-0.1, -0.05) is 0 Å². The zero-order valence-corrected chi connectivity index (χ0v) is 11.1. The number of carbonyl (C=O) groups excluding carboxylic acids is 1. The van der Waals surface area contributed by atoms with Gasteiger partial charge in [0, 0.05) is 26.4 Å². The second kappa shape index (κ2) is 8.04. The summed E-state index contributed by atoms with van der Waals surface area (Å²) in [6.45, 7) is 0.766. The number of methoxy groups -OCH3 is 1. The number of nitrogen functional groups attached to an aromatic ring is 1. The lowest BCUT2D eigenvalue weighted by molar-refractivity contribution is 0.0695. The van der Waals surface area contributed by atoms with E-state index in [-0.39, 0.29) is 30.9 Å². The number of hydrazine groups is 1. The van der Waals surface area contributed by atoms with Crippen molar-refractivity contribution in [2.24, 2.45) is 5.84 Å². The Morgan fingerprint density at radius 3 is 3.00 bits per heavy atom. The van der Waals surface area contributed by atoms with Crippen LogP contribution in [0.4, 0.5) is 10.2 Å². The van der Waals surface area contributed by atoms with Gasteiger partial charge < -0.3 is 15.1 Å². The number of anilines is 1. The summed E-state index contributed by atoms with van der Waals surface area (Å²) in [6, 6.07) is 3.21. The van der Waals surface area contributed by atoms with Gasteiger partial charge >= 0.3 is 0 Å². The summed E-state index contributed by atoms with van der Waals surface area (Å²) in [6.07, 6.45) is 1.44. The second-order valence-electron chi connectivity index (χ2n) is 3.86. The maximum absolute atomic E-state index is 14.0. The number of halogens is 1. The number of nitrogens with zero attached hydrogens (tertiary/aromatic N) is 3. The van der Waals surface area contributed by atoms with Crippen LogP contribution in [0, 0.1) is 17.1 Å². The molecule has 1 rings (SSSR count). The predicted octanol–water partition coefficient (Wildman–Crippen LogP) is 0.509. The molecule has 0 aromatic carbocycles. The van der Waals surface area contributed by atoms with E-state index in [1.807, 2.05) is 6.07 Å². The monoisotopic (exact) mass is 281 g/mol. The number of hydrogen-bond donors (Lipinski definition) is 2. The van der Waals surface area contributed by atoms with Gasteiger partial charge in [-0.2, -0.15) is 5.26 Å². The Kier molecular flexibility index (Phi) is 6.36. The lowest BCUT2D eigenvalue weighted by atomic mass is 10.2. The Morgan fingerprint density at radius 2 is 2.40 bits per heavy atom. The first-order valence-corrected chi connectivity index (χ1v) is 5.92. The number of ether oxygens (including phenoxy) is 1. The van der Waals surface area contributed by atoms with Crippen molar-refractivity contribution in [1.29, 1.82) is 5.26 Å². The fraction of sp³-hybridized carbons (Fsp3) is 0.417. The fourth-order valence-corrected chi connectivity index (χ4v) is 1.58. The van der Waals surface area contributed by atoms with Gasteiger partial charge in [0.25, 0.3) is 5.91 Å². The van der Waals surface area contributed by atoms with Crippen molar-refractivity contribution < 1.29 is 13.9 Å². The Balaban J connectivity index is 2.96. The molecule has 0 unspecified atom stereocenters. The van der Waals surface area contributed by atoms with Crippen molar-refractivity contribution in [2.45, 2.75) is 6.42 Å². The van der Waals surface area contributed by atoms with Gasteiger partial charge in [-0.05, 0) is 6.07 Å². The molecule has 0 spiro atoms. The molecule has 0 fully saturated rings. The third kappa shape index (κ3) is 3.88. The van der Waals surface area contributed by atoms with Gasteiger partial charge in [0.05, 0.1) is 24.7 Å². The van der Waals surface area contributed by atoms with Crippen molar-refractivity contribution in [1.82, 2.24) is 9.88 Å². The Bertz CT molecular complexity index is 503. The van der Waals surface area contributed by atoms with Crippen LogP contribution >= 0.6 is 0 Å². The van der Waals surface area contributed by atoms with E-state index in [4.69, 9.17) is 15.8 Å². The lowest BCUT2D eigenvalue weighted by Gasteiger charge is -2.21. The van der Waals surface area contributed by atoms with Gasteiger partial charge in [0.15, 0.2) is 11.6 Å². The van der Waals surface area contributed by atoms with E-state index < -0.39 is 11.7 Å². The SMILES string of the molecule is COCCN(CCC#N)C(=O)c1ccnc(NN)c1F. The molecule has 7 nitrogen and oxygen atoms in total. The molecule has 8 heteroatoms. The third-order valence-electron chi connectivity index (χ3n) is 2.60.